The van der Waals surface area contributed by atoms with Crippen molar-refractivity contribution in [2.24, 2.45) is 8.73 Å². The number of hydrogen-bond acceptors (Lipinski definition) is 9. The van der Waals surface area contributed by atoms with E-state index in [2.05, 4.69) is 26.9 Å². The van der Waals surface area contributed by atoms with Crippen LogP contribution < -0.4 is 9.47 Å². The van der Waals surface area contributed by atoms with E-state index in [1.165, 1.54) is 12.1 Å². The van der Waals surface area contributed by atoms with Crippen LogP contribution in [-0.2, 0) is 23.7 Å². The Labute approximate surface area is 297 Å². The SMILES string of the molecule is FC(F)(F)Oc1ccc(-c2ccc(-c3c4c(c(-c5ccc(-c6ccc(OC(F)(F)F)c(C(F)(F)F)c6)s5)c5nsnc35)N=S=N4)s2)cc1C(F)(F)F. The first-order chi connectivity index (χ1) is 24.3. The number of fused-ring (bicyclic) bond motifs is 2. The molecule has 3 aromatic carbocycles. The molecule has 3 aromatic heterocycles. The zero-order valence-corrected chi connectivity index (χ0v) is 27.8. The number of halogens is 12. The zero-order valence-electron chi connectivity index (χ0n) is 24.5. The Bertz CT molecular complexity index is 2270. The minimum atomic E-state index is -5.36. The molecular weight excluding hydrogens is 805 g/mol. The Balaban J connectivity index is 1.29. The van der Waals surface area contributed by atoms with E-state index in [0.717, 1.165) is 57.9 Å². The largest absolute Gasteiger partial charge is 0.573 e. The van der Waals surface area contributed by atoms with Gasteiger partial charge in [0.05, 0.1) is 34.2 Å². The van der Waals surface area contributed by atoms with E-state index >= 15 is 0 Å². The van der Waals surface area contributed by atoms with Gasteiger partial charge in [-0.05, 0) is 71.8 Å². The molecule has 6 nitrogen and oxygen atoms in total. The van der Waals surface area contributed by atoms with Crippen LogP contribution in [0.1, 0.15) is 11.1 Å². The van der Waals surface area contributed by atoms with Gasteiger partial charge in [-0.3, -0.25) is 0 Å². The summed E-state index contributed by atoms with van der Waals surface area (Å²) in [6.45, 7) is 0. The number of rotatable bonds is 6. The van der Waals surface area contributed by atoms with Gasteiger partial charge in [0.25, 0.3) is 0 Å². The van der Waals surface area contributed by atoms with E-state index in [1.54, 1.807) is 12.1 Å². The Hall–Kier alpha value is -4.54. The van der Waals surface area contributed by atoms with Crippen LogP contribution in [-0.4, -0.2) is 21.5 Å². The van der Waals surface area contributed by atoms with Crippen LogP contribution in [0, 0.1) is 0 Å². The number of thiophene rings is 2. The van der Waals surface area contributed by atoms with Crippen molar-refractivity contribution in [3.63, 3.8) is 0 Å². The summed E-state index contributed by atoms with van der Waals surface area (Å²) in [6, 6.07) is 10.4. The standard InChI is InChI=1S/C30H10F12N4O2S4/c31-27(32,33)13-9-11(1-3-15(13)47-29(37,38)39)17-5-7-19(49-17)21-23-25(45-51-43-23)22(26-24(21)44-52-46-26)20-8-6-18(50-20)12-2-4-16(48-30(40,41)42)14(10-12)28(34,35)36/h1-10H. The highest BCUT2D eigenvalue weighted by Crippen LogP contribution is 2.55. The first-order valence-electron chi connectivity index (χ1n) is 13.8. The number of hydrogen-bond donors (Lipinski definition) is 0. The molecule has 7 rings (SSSR count). The van der Waals surface area contributed by atoms with Crippen LogP contribution in [0.15, 0.2) is 69.4 Å². The van der Waals surface area contributed by atoms with Gasteiger partial charge >= 0.3 is 25.1 Å². The van der Waals surface area contributed by atoms with Crippen molar-refractivity contribution in [3.05, 3.63) is 71.8 Å². The van der Waals surface area contributed by atoms with Crippen molar-refractivity contribution in [2.45, 2.75) is 25.1 Å². The van der Waals surface area contributed by atoms with Crippen molar-refractivity contribution < 1.29 is 62.2 Å². The second kappa shape index (κ2) is 12.6. The molecule has 0 spiro atoms. The Morgan fingerprint density at radius 2 is 0.865 bits per heavy atom. The maximum absolute atomic E-state index is 13.7. The molecule has 0 radical (unpaired) electrons. The maximum Gasteiger partial charge on any atom is 0.573 e. The summed E-state index contributed by atoms with van der Waals surface area (Å²) < 4.78 is 184. The molecule has 0 saturated carbocycles. The van der Waals surface area contributed by atoms with E-state index in [0.29, 0.717) is 67.6 Å². The third kappa shape index (κ3) is 6.98. The third-order valence-corrected chi connectivity index (χ3v) is 10.6. The summed E-state index contributed by atoms with van der Waals surface area (Å²) in [5, 5.41) is 0. The number of benzene rings is 3. The molecule has 0 bridgehead atoms. The molecule has 270 valence electrons. The molecule has 52 heavy (non-hydrogen) atoms. The summed E-state index contributed by atoms with van der Waals surface area (Å²) in [6.07, 6.45) is -21.1. The molecule has 22 heteroatoms. The van der Waals surface area contributed by atoms with Gasteiger partial charge < -0.3 is 9.47 Å². The molecule has 0 amide bonds. The van der Waals surface area contributed by atoms with Crippen molar-refractivity contribution in [1.29, 1.82) is 0 Å². The van der Waals surface area contributed by atoms with Crippen LogP contribution >= 0.6 is 34.4 Å². The van der Waals surface area contributed by atoms with E-state index in [4.69, 9.17) is 0 Å². The van der Waals surface area contributed by atoms with Crippen LogP contribution in [0.4, 0.5) is 64.1 Å². The van der Waals surface area contributed by atoms with E-state index in [-0.39, 0.29) is 20.9 Å². The highest BCUT2D eigenvalue weighted by Gasteiger charge is 2.41. The minimum absolute atomic E-state index is 0.0483. The highest BCUT2D eigenvalue weighted by molar-refractivity contribution is 7.58. The van der Waals surface area contributed by atoms with Crippen molar-refractivity contribution in [1.82, 2.24) is 8.75 Å². The molecule has 6 aromatic rings. The monoisotopic (exact) mass is 814 g/mol. The number of nitrogens with zero attached hydrogens (tertiary/aromatic N) is 4. The van der Waals surface area contributed by atoms with E-state index in [1.807, 2.05) is 0 Å². The fourth-order valence-corrected chi connectivity index (χ4v) is 8.43. The molecule has 4 heterocycles. The van der Waals surface area contributed by atoms with Crippen LogP contribution in [0.3, 0.4) is 0 Å². The fourth-order valence-electron chi connectivity index (χ4n) is 5.22. The number of alkyl halides is 12. The lowest BCUT2D eigenvalue weighted by Crippen LogP contribution is -2.20. The van der Waals surface area contributed by atoms with Gasteiger partial charge in [0.1, 0.15) is 33.9 Å². The van der Waals surface area contributed by atoms with Crippen LogP contribution in [0.5, 0.6) is 11.5 Å². The topological polar surface area (TPSA) is 69.0 Å². The van der Waals surface area contributed by atoms with Gasteiger partial charge in [0.2, 0.25) is 0 Å². The lowest BCUT2D eigenvalue weighted by atomic mass is 10.0. The molecule has 0 unspecified atom stereocenters. The van der Waals surface area contributed by atoms with Crippen LogP contribution in [0.2, 0.25) is 0 Å². The maximum atomic E-state index is 13.7. The zero-order chi connectivity index (χ0) is 37.4. The quantitative estimate of drug-likeness (QED) is 0.157. The van der Waals surface area contributed by atoms with Crippen molar-refractivity contribution >= 4 is 68.2 Å². The molecule has 0 fully saturated rings. The van der Waals surface area contributed by atoms with Gasteiger partial charge in [-0.1, -0.05) is 0 Å². The Kier molecular flexibility index (Phi) is 8.65. The predicted octanol–water partition coefficient (Wildman–Crippen LogP) is 13.0. The second-order valence-electron chi connectivity index (χ2n) is 10.5. The highest BCUT2D eigenvalue weighted by atomic mass is 32.1. The number of aromatic nitrogens is 2. The number of ether oxygens (including phenoxy) is 2. The average molecular weight is 815 g/mol. The molecule has 0 atom stereocenters. The lowest BCUT2D eigenvalue weighted by Gasteiger charge is -2.16. The summed E-state index contributed by atoms with van der Waals surface area (Å²) in [5.74, 6) is -2.82. The normalized spacial score (nSPS) is 13.5. The first-order valence-corrected chi connectivity index (χ1v) is 16.9. The Morgan fingerprint density at radius 1 is 0.481 bits per heavy atom. The summed E-state index contributed by atoms with van der Waals surface area (Å²) >= 11 is 3.61. The van der Waals surface area contributed by atoms with Gasteiger partial charge in [-0.2, -0.15) is 43.8 Å². The molecule has 0 aliphatic carbocycles. The Morgan fingerprint density at radius 3 is 1.23 bits per heavy atom. The molecule has 0 N–H and O–H groups in total. The summed E-state index contributed by atoms with van der Waals surface area (Å²) in [7, 11) is 0. The van der Waals surface area contributed by atoms with Gasteiger partial charge in [-0.25, -0.2) is 0 Å². The van der Waals surface area contributed by atoms with E-state index < -0.39 is 47.7 Å². The first kappa shape index (κ1) is 35.8. The molecule has 1 aliphatic rings. The second-order valence-corrected chi connectivity index (χ2v) is 13.7. The molecule has 1 aliphatic heterocycles. The summed E-state index contributed by atoms with van der Waals surface area (Å²) in [4.78, 5) is 1.41. The lowest BCUT2D eigenvalue weighted by molar-refractivity contribution is -0.277. The van der Waals surface area contributed by atoms with Gasteiger partial charge in [0.15, 0.2) is 0 Å². The predicted molar refractivity (Wildman–Crippen MR) is 170 cm³/mol. The fraction of sp³-hybridized carbons (Fsp3) is 0.133. The van der Waals surface area contributed by atoms with Crippen molar-refractivity contribution in [2.75, 3.05) is 0 Å². The molecular formula is C30H10F12N4O2S4. The van der Waals surface area contributed by atoms with Crippen molar-refractivity contribution in [3.8, 4) is 53.3 Å². The average Bonchev–Trinajstić information content (AvgIpc) is 3.85. The smallest absolute Gasteiger partial charge is 0.405 e. The molecule has 0 saturated heterocycles. The van der Waals surface area contributed by atoms with Crippen LogP contribution in [0.25, 0.3) is 52.8 Å². The van der Waals surface area contributed by atoms with E-state index in [9.17, 15) is 52.7 Å². The van der Waals surface area contributed by atoms with Gasteiger partial charge in [0, 0.05) is 30.6 Å². The minimum Gasteiger partial charge on any atom is -0.405 e. The third-order valence-electron chi connectivity index (χ3n) is 7.22. The summed E-state index contributed by atoms with van der Waals surface area (Å²) in [5.41, 5.74) is -1.31. The van der Waals surface area contributed by atoms with Gasteiger partial charge in [-0.15, -0.1) is 49.0 Å².